The van der Waals surface area contributed by atoms with E-state index in [1.54, 1.807) is 44.2 Å². The zero-order valence-electron chi connectivity index (χ0n) is 55.1. The van der Waals surface area contributed by atoms with E-state index < -0.39 is 174 Å². The number of urea groups is 1. The number of ether oxygens (including phenoxy) is 1. The van der Waals surface area contributed by atoms with E-state index in [0.29, 0.717) is 18.4 Å². The summed E-state index contributed by atoms with van der Waals surface area (Å²) in [5.74, 6) is -10.4. The highest BCUT2D eigenvalue weighted by Gasteiger charge is 2.47. The topological polar surface area (TPSA) is 411 Å². The lowest BCUT2D eigenvalue weighted by molar-refractivity contribution is -0.148. The van der Waals surface area contributed by atoms with Crippen LogP contribution in [0.2, 0.25) is 0 Å². The standard InChI is InChI=1S/C64H95N15O15/c1-33(2)24-39(53(83)68-41(52(82)67-31-50(65)81)27-37-16-11-10-12-17-37)69-55(85)46-18-13-21-76(46)62(91)45-30-66-43(29-42-59(94-9)75-64(93)73-42)60(89)79-32-38(80)28-49(79)57(87)70-40(25-34(3)4)54(84)71-44(26-35(5)6)61(90)78-23-15-20-48(78)63(92)77-22-14-19-47(77)56(86)74-51(36(7)8)58(88)72-45/h10-12,16-17,29-30,33-36,38-41,43-44,46-49,51,59,66,80H,13-15,18-28,31-32H2,1-9H3,(H2,65,81)(H,67,82)(H,68,83)(H,69,85)(H,70,87)(H,71,84)(H,72,88)(H,74,86)(H2,73,75,93). The number of likely N-dealkylation sites (tertiary alicyclic amines) is 1. The summed E-state index contributed by atoms with van der Waals surface area (Å²) in [7, 11) is 1.28. The molecule has 0 radical (unpaired) electrons. The Hall–Kier alpha value is -8.67. The molecule has 6 aliphatic rings. The number of benzene rings is 1. The number of fused-ring (bicyclic) bond motifs is 3. The lowest BCUT2D eigenvalue weighted by Gasteiger charge is -2.34. The number of aliphatic hydroxyl groups excluding tert-OH is 1. The summed E-state index contributed by atoms with van der Waals surface area (Å²) < 4.78 is 5.48. The van der Waals surface area contributed by atoms with Gasteiger partial charge in [-0.3, -0.25) is 57.5 Å². The Morgan fingerprint density at radius 2 is 1.30 bits per heavy atom. The molecule has 30 heteroatoms. The van der Waals surface area contributed by atoms with Gasteiger partial charge in [0, 0.05) is 52.3 Å². The molecule has 6 heterocycles. The summed E-state index contributed by atoms with van der Waals surface area (Å²) in [4.78, 5) is 191. The van der Waals surface area contributed by atoms with E-state index in [-0.39, 0.29) is 101 Å². The maximum absolute atomic E-state index is 15.4. The number of nitrogens with zero attached hydrogens (tertiary/aromatic N) is 4. The van der Waals surface area contributed by atoms with Crippen molar-refractivity contribution in [2.75, 3.05) is 39.8 Å². The molecular weight excluding hydrogens is 1220 g/mol. The summed E-state index contributed by atoms with van der Waals surface area (Å²) in [6, 6.07) is -4.83. The molecule has 0 aliphatic carbocycles. The van der Waals surface area contributed by atoms with E-state index >= 15 is 14.4 Å². The number of nitrogens with two attached hydrogens (primary N) is 1. The fourth-order valence-corrected chi connectivity index (χ4v) is 12.9. The average molecular weight is 1310 g/mol. The Kier molecular flexibility index (Phi) is 25.5. The largest absolute Gasteiger partial charge is 0.391 e. The number of hydrogen-bond acceptors (Lipinski definition) is 16. The minimum absolute atomic E-state index is 0.00221. The van der Waals surface area contributed by atoms with Gasteiger partial charge in [0.2, 0.25) is 65.0 Å². The van der Waals surface area contributed by atoms with Crippen molar-refractivity contribution in [2.24, 2.45) is 29.4 Å². The molecule has 7 rings (SSSR count). The van der Waals surface area contributed by atoms with Crippen LogP contribution in [-0.4, -0.2) is 214 Å². The summed E-state index contributed by atoms with van der Waals surface area (Å²) in [5.41, 5.74) is 5.40. The number of nitrogens with one attached hydrogen (secondary N) is 10. The van der Waals surface area contributed by atoms with Crippen LogP contribution in [0.5, 0.6) is 0 Å². The molecule has 0 saturated carbocycles. The molecule has 12 atom stereocenters. The maximum atomic E-state index is 15.4. The lowest BCUT2D eigenvalue weighted by Crippen LogP contribution is -2.60. The molecule has 5 fully saturated rings. The van der Waals surface area contributed by atoms with Crippen LogP contribution in [0.4, 0.5) is 4.79 Å². The van der Waals surface area contributed by atoms with Crippen molar-refractivity contribution in [3.05, 3.63) is 59.6 Å². The number of amides is 14. The number of hydrogen-bond donors (Lipinski definition) is 12. The molecular formula is C64H95N15O15. The second-order valence-electron chi connectivity index (χ2n) is 26.7. The second-order valence-corrected chi connectivity index (χ2v) is 26.7. The van der Waals surface area contributed by atoms with Crippen LogP contribution in [0.15, 0.2) is 54.0 Å². The minimum atomic E-state index is -1.69. The van der Waals surface area contributed by atoms with Crippen LogP contribution >= 0.6 is 0 Å². The highest BCUT2D eigenvalue weighted by Crippen LogP contribution is 2.29. The van der Waals surface area contributed by atoms with Gasteiger partial charge in [-0.2, -0.15) is 0 Å². The Bertz CT molecular complexity index is 3070. The van der Waals surface area contributed by atoms with Crippen LogP contribution in [0.25, 0.3) is 0 Å². The van der Waals surface area contributed by atoms with Crippen molar-refractivity contribution in [2.45, 2.75) is 199 Å². The number of methoxy groups -OCH3 is 1. The van der Waals surface area contributed by atoms with Crippen molar-refractivity contribution in [3.63, 3.8) is 0 Å². The first-order valence-electron chi connectivity index (χ1n) is 32.7. The number of carbonyl (C=O) groups is 13. The van der Waals surface area contributed by atoms with Gasteiger partial charge in [0.05, 0.1) is 18.3 Å². The molecule has 0 aromatic heterocycles. The van der Waals surface area contributed by atoms with Crippen LogP contribution in [0.3, 0.4) is 0 Å². The lowest BCUT2D eigenvalue weighted by atomic mass is 9.99. The van der Waals surface area contributed by atoms with Gasteiger partial charge in [-0.05, 0) is 93.1 Å². The molecule has 516 valence electrons. The van der Waals surface area contributed by atoms with Crippen molar-refractivity contribution >= 4 is 76.9 Å². The molecule has 30 nitrogen and oxygen atoms in total. The molecule has 1 aromatic rings. The number of aliphatic hydroxyl groups is 1. The molecule has 94 heavy (non-hydrogen) atoms. The third-order valence-corrected chi connectivity index (χ3v) is 17.5. The van der Waals surface area contributed by atoms with Crippen LogP contribution in [0, 0.1) is 23.7 Å². The minimum Gasteiger partial charge on any atom is -0.391 e. The summed E-state index contributed by atoms with van der Waals surface area (Å²) in [6.07, 6.45) is 1.38. The fraction of sp³-hybridized carbons (Fsp3) is 0.641. The van der Waals surface area contributed by atoms with Gasteiger partial charge < -0.3 is 88.3 Å². The Labute approximate surface area is 547 Å². The number of rotatable bonds is 19. The molecule has 14 amide bonds. The van der Waals surface area contributed by atoms with Gasteiger partial charge in [0.1, 0.15) is 66.1 Å². The van der Waals surface area contributed by atoms with Gasteiger partial charge >= 0.3 is 6.03 Å². The first-order chi connectivity index (χ1) is 44.5. The predicted molar refractivity (Wildman–Crippen MR) is 339 cm³/mol. The molecule has 0 bridgehead atoms. The normalized spacial score (nSPS) is 27.1. The first-order valence-corrected chi connectivity index (χ1v) is 32.7. The number of carbonyl (C=O) groups excluding carboxylic acids is 13. The molecule has 13 N–H and O–H groups in total. The predicted octanol–water partition coefficient (Wildman–Crippen LogP) is -1.92. The van der Waals surface area contributed by atoms with Crippen molar-refractivity contribution in [1.82, 2.24) is 72.8 Å². The van der Waals surface area contributed by atoms with E-state index in [4.69, 9.17) is 10.5 Å². The molecule has 6 aliphatic heterocycles. The summed E-state index contributed by atoms with van der Waals surface area (Å²) in [6.45, 7) is 13.6. The Morgan fingerprint density at radius 3 is 1.94 bits per heavy atom. The summed E-state index contributed by atoms with van der Waals surface area (Å²) in [5, 5.41) is 38.3. The van der Waals surface area contributed by atoms with Crippen molar-refractivity contribution in [1.29, 1.82) is 0 Å². The second kappa shape index (κ2) is 32.9. The Balaban J connectivity index is 1.29. The maximum Gasteiger partial charge on any atom is 0.321 e. The van der Waals surface area contributed by atoms with E-state index in [1.807, 2.05) is 41.5 Å². The van der Waals surface area contributed by atoms with Crippen LogP contribution in [-0.2, 0) is 68.7 Å². The fourth-order valence-electron chi connectivity index (χ4n) is 12.9. The molecule has 12 unspecified atom stereocenters. The van der Waals surface area contributed by atoms with Crippen LogP contribution in [0.1, 0.15) is 125 Å². The first kappa shape index (κ1) is 72.8. The van der Waals surface area contributed by atoms with E-state index in [0.717, 1.165) is 16.0 Å². The van der Waals surface area contributed by atoms with Crippen LogP contribution < -0.4 is 58.9 Å². The zero-order chi connectivity index (χ0) is 68.8. The van der Waals surface area contributed by atoms with E-state index in [1.165, 1.54) is 23.0 Å². The van der Waals surface area contributed by atoms with Gasteiger partial charge in [0.15, 0.2) is 6.23 Å². The monoisotopic (exact) mass is 1310 g/mol. The Morgan fingerprint density at radius 1 is 0.670 bits per heavy atom. The summed E-state index contributed by atoms with van der Waals surface area (Å²) >= 11 is 0. The average Bonchev–Trinajstić information content (AvgIpc) is 1.64. The third-order valence-electron chi connectivity index (χ3n) is 17.5. The SMILES string of the molecule is COC1NC(=O)NC1=CC1NC=C(C(=O)N2CCCC2C(=O)NC(CC(C)C)C(=O)NC(Cc2ccccc2)C(=O)NCC(N)=O)NC(=O)C(C(C)C)NC(=O)C2CCCN2C(=O)C2CCCN2C(=O)C(CC(C)C)NC(=O)C(CC(C)C)NC(=O)C2CC(O)CN2C1=O. The quantitative estimate of drug-likeness (QED) is 0.0719. The highest BCUT2D eigenvalue weighted by atomic mass is 16.5. The highest BCUT2D eigenvalue weighted by molar-refractivity contribution is 6.03. The molecule has 0 spiro atoms. The molecule has 1 aromatic carbocycles. The number of primary amides is 1. The third kappa shape index (κ3) is 18.8. The smallest absolute Gasteiger partial charge is 0.321 e. The van der Waals surface area contributed by atoms with Gasteiger partial charge in [0.25, 0.3) is 5.91 Å². The molecule has 5 saturated heterocycles. The zero-order valence-corrected chi connectivity index (χ0v) is 55.1. The van der Waals surface area contributed by atoms with E-state index in [9.17, 15) is 53.1 Å². The van der Waals surface area contributed by atoms with Gasteiger partial charge in [-0.15, -0.1) is 0 Å². The van der Waals surface area contributed by atoms with Crippen molar-refractivity contribution < 1.29 is 72.2 Å². The van der Waals surface area contributed by atoms with Gasteiger partial charge in [-0.1, -0.05) is 85.7 Å². The van der Waals surface area contributed by atoms with Gasteiger partial charge in [-0.25, -0.2) is 4.79 Å². The van der Waals surface area contributed by atoms with E-state index in [2.05, 4.69) is 53.2 Å². The van der Waals surface area contributed by atoms with Crippen molar-refractivity contribution in [3.8, 4) is 0 Å².